The van der Waals surface area contributed by atoms with Gasteiger partial charge in [0.2, 0.25) is 0 Å². The molecule has 1 aliphatic rings. The lowest BCUT2D eigenvalue weighted by atomic mass is 10.0. The quantitative estimate of drug-likeness (QED) is 0.687. The molecule has 2 atom stereocenters. The van der Waals surface area contributed by atoms with E-state index in [1.165, 1.54) is 5.56 Å². The number of ether oxygens (including phenoxy) is 2. The molecule has 0 amide bonds. The largest absolute Gasteiger partial charge is 0.371 e. The lowest BCUT2D eigenvalue weighted by Crippen LogP contribution is -2.21. The normalized spacial score (nSPS) is 21.1. The molecule has 2 heteroatoms. The second-order valence-electron chi connectivity index (χ2n) is 4.84. The Bertz CT molecular complexity index is 304. The van der Waals surface area contributed by atoms with E-state index in [2.05, 4.69) is 26.0 Å². The van der Waals surface area contributed by atoms with Crippen LogP contribution >= 0.6 is 0 Å². The van der Waals surface area contributed by atoms with E-state index in [1.54, 1.807) is 0 Å². The van der Waals surface area contributed by atoms with Gasteiger partial charge in [-0.3, -0.25) is 0 Å². The molecule has 1 aromatic rings. The first-order valence-electron chi connectivity index (χ1n) is 6.03. The Morgan fingerprint density at radius 2 is 2.00 bits per heavy atom. The highest BCUT2D eigenvalue weighted by molar-refractivity contribution is 5.13. The van der Waals surface area contributed by atoms with E-state index >= 15 is 0 Å². The Balaban J connectivity index is 1.82. The van der Waals surface area contributed by atoms with E-state index in [9.17, 15) is 0 Å². The van der Waals surface area contributed by atoms with Crippen LogP contribution in [0.1, 0.15) is 25.8 Å². The van der Waals surface area contributed by atoms with Crippen molar-refractivity contribution in [2.45, 2.75) is 39.1 Å². The fourth-order valence-electron chi connectivity index (χ4n) is 1.84. The van der Waals surface area contributed by atoms with Gasteiger partial charge in [-0.15, -0.1) is 0 Å². The number of hydrogen-bond acceptors (Lipinski definition) is 2. The average Bonchev–Trinajstić information content (AvgIpc) is 3.09. The molecule has 16 heavy (non-hydrogen) atoms. The second kappa shape index (κ2) is 5.46. The maximum atomic E-state index is 5.94. The molecular weight excluding hydrogens is 200 g/mol. The van der Waals surface area contributed by atoms with Crippen LogP contribution in [0.25, 0.3) is 0 Å². The van der Waals surface area contributed by atoms with Crippen molar-refractivity contribution in [2.75, 3.05) is 6.61 Å². The van der Waals surface area contributed by atoms with Crippen molar-refractivity contribution in [1.82, 2.24) is 0 Å². The Morgan fingerprint density at radius 3 is 2.56 bits per heavy atom. The van der Waals surface area contributed by atoms with Gasteiger partial charge < -0.3 is 9.47 Å². The molecule has 0 radical (unpaired) electrons. The Labute approximate surface area is 97.6 Å². The van der Waals surface area contributed by atoms with Gasteiger partial charge in [0, 0.05) is 0 Å². The molecule has 2 unspecified atom stereocenters. The standard InChI is InChI=1S/C14H20O2/c1-11(2)8-13(14-10-16-14)15-9-12-6-4-3-5-7-12/h3-7,11,13-14H,8-10H2,1-2H3. The third-order valence-corrected chi connectivity index (χ3v) is 2.78. The Morgan fingerprint density at radius 1 is 1.31 bits per heavy atom. The van der Waals surface area contributed by atoms with E-state index in [-0.39, 0.29) is 6.10 Å². The SMILES string of the molecule is CC(C)CC(OCc1ccccc1)C1CO1. The first kappa shape index (κ1) is 11.6. The van der Waals surface area contributed by atoms with Crippen molar-refractivity contribution in [1.29, 1.82) is 0 Å². The topological polar surface area (TPSA) is 21.8 Å². The Kier molecular flexibility index (Phi) is 3.97. The van der Waals surface area contributed by atoms with Gasteiger partial charge in [0.1, 0.15) is 6.10 Å². The van der Waals surface area contributed by atoms with Crippen molar-refractivity contribution in [2.24, 2.45) is 5.92 Å². The third-order valence-electron chi connectivity index (χ3n) is 2.78. The van der Waals surface area contributed by atoms with Crippen molar-refractivity contribution in [3.8, 4) is 0 Å². The van der Waals surface area contributed by atoms with Crippen LogP contribution in [0.2, 0.25) is 0 Å². The highest BCUT2D eigenvalue weighted by Crippen LogP contribution is 2.23. The minimum Gasteiger partial charge on any atom is -0.371 e. The van der Waals surface area contributed by atoms with Crippen LogP contribution in [0.5, 0.6) is 0 Å². The summed E-state index contributed by atoms with van der Waals surface area (Å²) in [7, 11) is 0. The fraction of sp³-hybridized carbons (Fsp3) is 0.571. The van der Waals surface area contributed by atoms with Crippen molar-refractivity contribution in [3.05, 3.63) is 35.9 Å². The van der Waals surface area contributed by atoms with Crippen LogP contribution in [0, 0.1) is 5.92 Å². The molecule has 1 saturated heterocycles. The molecule has 0 aliphatic carbocycles. The smallest absolute Gasteiger partial charge is 0.107 e. The molecule has 1 aliphatic heterocycles. The van der Waals surface area contributed by atoms with Gasteiger partial charge in [0.05, 0.1) is 19.3 Å². The van der Waals surface area contributed by atoms with Crippen LogP contribution in [-0.4, -0.2) is 18.8 Å². The van der Waals surface area contributed by atoms with Gasteiger partial charge in [-0.05, 0) is 17.9 Å². The average molecular weight is 220 g/mol. The van der Waals surface area contributed by atoms with E-state index in [1.807, 2.05) is 18.2 Å². The number of benzene rings is 1. The van der Waals surface area contributed by atoms with Crippen LogP contribution in [0.15, 0.2) is 30.3 Å². The molecule has 88 valence electrons. The highest BCUT2D eigenvalue weighted by atomic mass is 16.6. The monoisotopic (exact) mass is 220 g/mol. The predicted molar refractivity (Wildman–Crippen MR) is 64.2 cm³/mol. The fourth-order valence-corrected chi connectivity index (χ4v) is 1.84. The summed E-state index contributed by atoms with van der Waals surface area (Å²) in [6.45, 7) is 6.01. The molecule has 2 nitrogen and oxygen atoms in total. The molecule has 2 rings (SSSR count). The van der Waals surface area contributed by atoms with Crippen LogP contribution < -0.4 is 0 Å². The minimum atomic E-state index is 0.264. The van der Waals surface area contributed by atoms with E-state index < -0.39 is 0 Å². The zero-order chi connectivity index (χ0) is 11.4. The van der Waals surface area contributed by atoms with E-state index in [0.717, 1.165) is 13.0 Å². The maximum absolute atomic E-state index is 5.94. The lowest BCUT2D eigenvalue weighted by molar-refractivity contribution is 0.00903. The Hall–Kier alpha value is -0.860. The van der Waals surface area contributed by atoms with E-state index in [0.29, 0.717) is 18.6 Å². The summed E-state index contributed by atoms with van der Waals surface area (Å²) in [4.78, 5) is 0. The summed E-state index contributed by atoms with van der Waals surface area (Å²) in [5.41, 5.74) is 1.23. The van der Waals surface area contributed by atoms with Gasteiger partial charge in [-0.25, -0.2) is 0 Å². The number of hydrogen-bond donors (Lipinski definition) is 0. The van der Waals surface area contributed by atoms with Gasteiger partial charge in [0.25, 0.3) is 0 Å². The van der Waals surface area contributed by atoms with Gasteiger partial charge >= 0.3 is 0 Å². The first-order chi connectivity index (χ1) is 7.75. The van der Waals surface area contributed by atoms with Gasteiger partial charge in [0.15, 0.2) is 0 Å². The number of epoxide rings is 1. The molecule has 0 N–H and O–H groups in total. The second-order valence-corrected chi connectivity index (χ2v) is 4.84. The summed E-state index contributed by atoms with van der Waals surface area (Å²) in [5, 5.41) is 0. The zero-order valence-electron chi connectivity index (χ0n) is 10.1. The van der Waals surface area contributed by atoms with Crippen LogP contribution in [0.3, 0.4) is 0 Å². The van der Waals surface area contributed by atoms with Crippen molar-refractivity contribution >= 4 is 0 Å². The molecular formula is C14H20O2. The minimum absolute atomic E-state index is 0.264. The van der Waals surface area contributed by atoms with Crippen LogP contribution in [-0.2, 0) is 16.1 Å². The van der Waals surface area contributed by atoms with E-state index in [4.69, 9.17) is 9.47 Å². The molecule has 1 fully saturated rings. The van der Waals surface area contributed by atoms with Crippen molar-refractivity contribution < 1.29 is 9.47 Å². The third kappa shape index (κ3) is 3.62. The molecule has 1 heterocycles. The first-order valence-corrected chi connectivity index (χ1v) is 6.03. The summed E-state index contributed by atoms with van der Waals surface area (Å²) < 4.78 is 11.3. The lowest BCUT2D eigenvalue weighted by Gasteiger charge is -2.17. The number of rotatable bonds is 6. The zero-order valence-corrected chi connectivity index (χ0v) is 10.1. The molecule has 0 saturated carbocycles. The highest BCUT2D eigenvalue weighted by Gasteiger charge is 2.33. The molecule has 0 bridgehead atoms. The molecule has 0 spiro atoms. The summed E-state index contributed by atoms with van der Waals surface area (Å²) in [5.74, 6) is 0.657. The summed E-state index contributed by atoms with van der Waals surface area (Å²) in [6, 6.07) is 10.3. The summed E-state index contributed by atoms with van der Waals surface area (Å²) >= 11 is 0. The predicted octanol–water partition coefficient (Wildman–Crippen LogP) is 3.02. The maximum Gasteiger partial charge on any atom is 0.107 e. The molecule has 1 aromatic carbocycles. The van der Waals surface area contributed by atoms with Crippen molar-refractivity contribution in [3.63, 3.8) is 0 Å². The van der Waals surface area contributed by atoms with Gasteiger partial charge in [-0.2, -0.15) is 0 Å². The van der Waals surface area contributed by atoms with Crippen LogP contribution in [0.4, 0.5) is 0 Å². The molecule has 0 aromatic heterocycles. The summed E-state index contributed by atoms with van der Waals surface area (Å²) in [6.07, 6.45) is 1.68. The van der Waals surface area contributed by atoms with Gasteiger partial charge in [-0.1, -0.05) is 44.2 Å².